The van der Waals surface area contributed by atoms with Crippen molar-refractivity contribution >= 4 is 31.9 Å². The third-order valence-corrected chi connectivity index (χ3v) is 9.82. The molecule has 0 amide bonds. The number of hydrogen-bond donors (Lipinski definition) is 0. The van der Waals surface area contributed by atoms with E-state index in [0.29, 0.717) is 5.30 Å². The summed E-state index contributed by atoms with van der Waals surface area (Å²) in [5.41, 5.74) is 0. The number of alkyl halides is 1. The van der Waals surface area contributed by atoms with Crippen LogP contribution in [0.2, 0.25) is 0 Å². The van der Waals surface area contributed by atoms with E-state index >= 15 is 0 Å². The van der Waals surface area contributed by atoms with E-state index in [-0.39, 0.29) is 19.8 Å². The first kappa shape index (κ1) is 18.9. The van der Waals surface area contributed by atoms with Gasteiger partial charge in [-0.15, -0.1) is 0 Å². The summed E-state index contributed by atoms with van der Waals surface area (Å²) in [5, 5.41) is 0.395. The van der Waals surface area contributed by atoms with Gasteiger partial charge in [-0.1, -0.05) is 29.8 Å². The molecule has 1 aromatic carbocycles. The predicted octanol–water partition coefficient (Wildman–Crippen LogP) is 4.42. The molecule has 5 nitrogen and oxygen atoms in total. The molecule has 0 aliphatic carbocycles. The fourth-order valence-electron chi connectivity index (χ4n) is 1.79. The maximum absolute atomic E-state index is 13.2. The van der Waals surface area contributed by atoms with Gasteiger partial charge in [0.15, 0.2) is 0 Å². The largest absolute Gasteiger partial charge is 0.358 e. The third-order valence-electron chi connectivity index (χ3n) is 2.60. The van der Waals surface area contributed by atoms with Gasteiger partial charge < -0.3 is 13.6 Å². The molecular formula is C13H21ClO5P2. The topological polar surface area (TPSA) is 61.8 Å². The van der Waals surface area contributed by atoms with E-state index in [1.165, 1.54) is 0 Å². The van der Waals surface area contributed by atoms with E-state index in [9.17, 15) is 9.13 Å². The second-order valence-corrected chi connectivity index (χ2v) is 10.1. The average Bonchev–Trinajstić information content (AvgIpc) is 2.48. The Bertz CT molecular complexity index is 513. The van der Waals surface area contributed by atoms with Crippen molar-refractivity contribution in [2.45, 2.75) is 25.6 Å². The lowest BCUT2D eigenvalue weighted by Crippen LogP contribution is -2.18. The van der Waals surface area contributed by atoms with Crippen molar-refractivity contribution in [2.75, 3.05) is 19.8 Å². The lowest BCUT2D eigenvalue weighted by molar-refractivity contribution is 0.220. The molecule has 0 spiro atoms. The van der Waals surface area contributed by atoms with Gasteiger partial charge in [-0.3, -0.25) is 9.13 Å². The first-order chi connectivity index (χ1) is 9.94. The van der Waals surface area contributed by atoms with Gasteiger partial charge >= 0.3 is 7.60 Å². The molecule has 8 heteroatoms. The highest BCUT2D eigenvalue weighted by atomic mass is 35.5. The fourth-order valence-corrected chi connectivity index (χ4v) is 7.66. The van der Waals surface area contributed by atoms with E-state index in [1.807, 2.05) is 0 Å². The molecule has 0 saturated heterocycles. The molecule has 0 aliphatic heterocycles. The highest BCUT2D eigenvalue weighted by molar-refractivity contribution is 7.82. The maximum Gasteiger partial charge on any atom is 0.358 e. The van der Waals surface area contributed by atoms with Crippen molar-refractivity contribution in [1.29, 1.82) is 0 Å². The molecule has 0 N–H and O–H groups in total. The highest BCUT2D eigenvalue weighted by Crippen LogP contribution is 2.70. The summed E-state index contributed by atoms with van der Waals surface area (Å²) in [6.07, 6.45) is 0. The Labute approximate surface area is 130 Å². The van der Waals surface area contributed by atoms with Crippen molar-refractivity contribution in [1.82, 2.24) is 0 Å². The van der Waals surface area contributed by atoms with Crippen LogP contribution in [-0.4, -0.2) is 24.7 Å². The molecule has 0 bridgehead atoms. The predicted molar refractivity (Wildman–Crippen MR) is 85.8 cm³/mol. The van der Waals surface area contributed by atoms with Gasteiger partial charge in [-0.2, -0.15) is 0 Å². The second-order valence-electron chi connectivity index (χ2n) is 4.04. The van der Waals surface area contributed by atoms with Crippen molar-refractivity contribution in [3.8, 4) is 0 Å². The normalized spacial score (nSPS) is 16.4. The number of halogens is 1. The zero-order valence-corrected chi connectivity index (χ0v) is 14.9. The van der Waals surface area contributed by atoms with Crippen molar-refractivity contribution in [3.63, 3.8) is 0 Å². The monoisotopic (exact) mass is 354 g/mol. The zero-order chi connectivity index (χ0) is 15.9. The Morgan fingerprint density at radius 3 is 1.86 bits per heavy atom. The molecule has 0 aromatic heterocycles. The van der Waals surface area contributed by atoms with Crippen LogP contribution in [0.15, 0.2) is 30.3 Å². The van der Waals surface area contributed by atoms with Crippen LogP contribution in [0, 0.1) is 0 Å². The summed E-state index contributed by atoms with van der Waals surface area (Å²) in [4.78, 5) is -1.38. The molecule has 0 aliphatic rings. The van der Waals surface area contributed by atoms with E-state index in [4.69, 9.17) is 25.2 Å². The Hall–Kier alpha value is -0.150. The van der Waals surface area contributed by atoms with Gasteiger partial charge in [-0.25, -0.2) is 0 Å². The minimum absolute atomic E-state index is 0.140. The fraction of sp³-hybridized carbons (Fsp3) is 0.538. The van der Waals surface area contributed by atoms with E-state index < -0.39 is 19.8 Å². The van der Waals surface area contributed by atoms with Gasteiger partial charge in [0.05, 0.1) is 19.8 Å². The van der Waals surface area contributed by atoms with Crippen LogP contribution in [0.3, 0.4) is 0 Å². The van der Waals surface area contributed by atoms with E-state index in [2.05, 4.69) is 0 Å². The molecule has 0 saturated carbocycles. The number of rotatable bonds is 9. The first-order valence-corrected chi connectivity index (χ1v) is 10.5. The quantitative estimate of drug-likeness (QED) is 0.485. The van der Waals surface area contributed by atoms with E-state index in [1.54, 1.807) is 51.1 Å². The Morgan fingerprint density at radius 1 is 0.952 bits per heavy atom. The van der Waals surface area contributed by atoms with Crippen LogP contribution in [0.4, 0.5) is 0 Å². The average molecular weight is 355 g/mol. The SMILES string of the molecule is CCOP(=O)(OCC)C(Cl)P(=O)(OCC)c1ccccc1. The molecule has 120 valence electrons. The Kier molecular flexibility index (Phi) is 7.63. The summed E-state index contributed by atoms with van der Waals surface area (Å²) >= 11 is 6.26. The summed E-state index contributed by atoms with van der Waals surface area (Å²) in [6.45, 7) is 5.49. The van der Waals surface area contributed by atoms with Gasteiger partial charge in [0.25, 0.3) is 7.37 Å². The Morgan fingerprint density at radius 2 is 1.43 bits per heavy atom. The van der Waals surface area contributed by atoms with Gasteiger partial charge in [-0.05, 0) is 32.9 Å². The van der Waals surface area contributed by atoms with Crippen molar-refractivity contribution in [3.05, 3.63) is 30.3 Å². The van der Waals surface area contributed by atoms with Crippen LogP contribution in [0.1, 0.15) is 20.8 Å². The minimum atomic E-state index is -3.75. The Balaban J connectivity index is 3.26. The summed E-state index contributed by atoms with van der Waals surface area (Å²) < 4.78 is 41.8. The lowest BCUT2D eigenvalue weighted by atomic mass is 10.4. The molecule has 21 heavy (non-hydrogen) atoms. The van der Waals surface area contributed by atoms with E-state index in [0.717, 1.165) is 0 Å². The van der Waals surface area contributed by atoms with Crippen LogP contribution in [-0.2, 0) is 22.7 Å². The van der Waals surface area contributed by atoms with Crippen molar-refractivity contribution in [2.24, 2.45) is 0 Å². The van der Waals surface area contributed by atoms with Crippen LogP contribution in [0.25, 0.3) is 0 Å². The highest BCUT2D eigenvalue weighted by Gasteiger charge is 2.49. The molecule has 1 aromatic rings. The maximum atomic E-state index is 13.2. The molecule has 0 radical (unpaired) electrons. The van der Waals surface area contributed by atoms with Gasteiger partial charge in [0.1, 0.15) is 0 Å². The van der Waals surface area contributed by atoms with Crippen LogP contribution in [0.5, 0.6) is 0 Å². The third kappa shape index (κ3) is 4.41. The zero-order valence-electron chi connectivity index (χ0n) is 12.4. The molecule has 2 unspecified atom stereocenters. The second kappa shape index (κ2) is 8.47. The smallest absolute Gasteiger partial charge is 0.324 e. The molecule has 1 rings (SSSR count). The number of hydrogen-bond acceptors (Lipinski definition) is 5. The summed E-state index contributed by atoms with van der Waals surface area (Å²) in [6, 6.07) is 8.49. The van der Waals surface area contributed by atoms with Gasteiger partial charge in [0.2, 0.25) is 4.86 Å². The van der Waals surface area contributed by atoms with Crippen molar-refractivity contribution < 1.29 is 22.7 Å². The van der Waals surface area contributed by atoms with Crippen LogP contribution >= 0.6 is 26.6 Å². The summed E-state index contributed by atoms with van der Waals surface area (Å²) in [7, 11) is -7.34. The van der Waals surface area contributed by atoms with Crippen LogP contribution < -0.4 is 5.30 Å². The standard InChI is InChI=1S/C13H21ClO5P2/c1-4-17-20(15,12-10-8-7-9-11-12)13(14)21(16,18-5-2)19-6-3/h7-11,13H,4-6H2,1-3H3. The summed E-state index contributed by atoms with van der Waals surface area (Å²) in [5.74, 6) is 0. The molecule has 2 atom stereocenters. The number of benzene rings is 1. The molecular weight excluding hydrogens is 334 g/mol. The molecule has 0 fully saturated rings. The first-order valence-electron chi connectivity index (χ1n) is 6.77. The lowest BCUT2D eigenvalue weighted by Gasteiger charge is -2.28. The molecule has 0 heterocycles. The van der Waals surface area contributed by atoms with Gasteiger partial charge in [0, 0.05) is 5.30 Å². The minimum Gasteiger partial charge on any atom is -0.324 e.